The first-order valence-corrected chi connectivity index (χ1v) is 10.9. The van der Waals surface area contributed by atoms with Crippen molar-refractivity contribution in [3.8, 4) is 0 Å². The van der Waals surface area contributed by atoms with Crippen LogP contribution in [0.15, 0.2) is 30.5 Å². The van der Waals surface area contributed by atoms with Crippen LogP contribution in [0.5, 0.6) is 0 Å². The maximum absolute atomic E-state index is 13.1. The third-order valence-corrected chi connectivity index (χ3v) is 4.92. The largest absolute Gasteiger partial charge is 0.404 e. The lowest BCUT2D eigenvalue weighted by molar-refractivity contribution is -0.115. The molecule has 0 bridgehead atoms. The van der Waals surface area contributed by atoms with E-state index >= 15 is 0 Å². The zero-order valence-electron chi connectivity index (χ0n) is 20.6. The standard InChI is InChI=1S/C25H38FN5O/c1-23(2,3)15-25(7,8)31-21-19(24(4,5)6)29-20(30-21)18(13-27)22(32)28-14-16-9-11-17(26)12-10-16/h9-13,31H,14-15,27H2,1-8H3,(H,28,32)(H,29,30)/b18-13+. The number of carbonyl (C=O) groups is 1. The van der Waals surface area contributed by atoms with Gasteiger partial charge in [-0.15, -0.1) is 0 Å². The van der Waals surface area contributed by atoms with E-state index in [-0.39, 0.29) is 40.2 Å². The molecule has 2 aromatic rings. The van der Waals surface area contributed by atoms with E-state index in [1.54, 1.807) is 12.1 Å². The molecule has 32 heavy (non-hydrogen) atoms. The van der Waals surface area contributed by atoms with E-state index in [2.05, 4.69) is 71.0 Å². The highest BCUT2D eigenvalue weighted by atomic mass is 19.1. The number of carbonyl (C=O) groups excluding carboxylic acids is 1. The molecule has 1 aromatic carbocycles. The summed E-state index contributed by atoms with van der Waals surface area (Å²) in [5.74, 6) is 0.449. The lowest BCUT2D eigenvalue weighted by atomic mass is 9.81. The molecule has 0 aliphatic carbocycles. The second-order valence-corrected chi connectivity index (χ2v) is 11.2. The quantitative estimate of drug-likeness (QED) is 0.448. The molecular weight excluding hydrogens is 405 g/mol. The van der Waals surface area contributed by atoms with Crippen LogP contribution in [0.25, 0.3) is 5.57 Å². The molecule has 0 aliphatic rings. The third kappa shape index (κ3) is 7.11. The van der Waals surface area contributed by atoms with Gasteiger partial charge in [-0.1, -0.05) is 53.7 Å². The molecule has 2 rings (SSSR count). The van der Waals surface area contributed by atoms with E-state index in [0.29, 0.717) is 11.6 Å². The number of nitrogens with zero attached hydrogens (tertiary/aromatic N) is 1. The van der Waals surface area contributed by atoms with Crippen LogP contribution in [-0.2, 0) is 16.8 Å². The number of halogens is 1. The van der Waals surface area contributed by atoms with Crippen molar-refractivity contribution in [2.24, 2.45) is 11.1 Å². The van der Waals surface area contributed by atoms with Gasteiger partial charge in [0.05, 0.1) is 11.3 Å². The Kier molecular flexibility index (Phi) is 7.43. The van der Waals surface area contributed by atoms with E-state index in [0.717, 1.165) is 17.7 Å². The first kappa shape index (κ1) is 25.4. The molecule has 5 N–H and O–H groups in total. The summed E-state index contributed by atoms with van der Waals surface area (Å²) in [6, 6.07) is 5.98. The van der Waals surface area contributed by atoms with Crippen LogP contribution in [0.2, 0.25) is 0 Å². The molecular formula is C25H38FN5O. The number of hydrogen-bond acceptors (Lipinski definition) is 4. The van der Waals surface area contributed by atoms with E-state index < -0.39 is 0 Å². The Morgan fingerprint density at radius 1 is 1.09 bits per heavy atom. The number of nitrogens with two attached hydrogens (primary N) is 1. The Labute approximate surface area is 191 Å². The van der Waals surface area contributed by atoms with Gasteiger partial charge in [-0.2, -0.15) is 0 Å². The lowest BCUT2D eigenvalue weighted by Gasteiger charge is -2.34. The molecule has 6 nitrogen and oxygen atoms in total. The number of benzene rings is 1. The third-order valence-electron chi connectivity index (χ3n) is 4.92. The first-order chi connectivity index (χ1) is 14.6. The van der Waals surface area contributed by atoms with Crippen molar-refractivity contribution in [2.75, 3.05) is 5.32 Å². The van der Waals surface area contributed by atoms with Gasteiger partial charge in [-0.3, -0.25) is 4.79 Å². The SMILES string of the molecule is CC(C)(C)CC(C)(C)Nc1nc(/C(=C\N)C(=O)NCc2ccc(F)cc2)[nH]c1C(C)(C)C. The van der Waals surface area contributed by atoms with Crippen LogP contribution in [0.3, 0.4) is 0 Å². The van der Waals surface area contributed by atoms with Gasteiger partial charge in [0.2, 0.25) is 0 Å². The molecule has 1 aromatic heterocycles. The Hall–Kier alpha value is -2.83. The summed E-state index contributed by atoms with van der Waals surface area (Å²) in [4.78, 5) is 20.9. The number of aromatic amines is 1. The van der Waals surface area contributed by atoms with E-state index in [1.807, 2.05) is 0 Å². The van der Waals surface area contributed by atoms with Gasteiger partial charge in [0.1, 0.15) is 17.5 Å². The van der Waals surface area contributed by atoms with E-state index in [1.165, 1.54) is 18.3 Å². The summed E-state index contributed by atoms with van der Waals surface area (Å²) in [5, 5.41) is 6.40. The summed E-state index contributed by atoms with van der Waals surface area (Å²) in [6.07, 6.45) is 2.19. The van der Waals surface area contributed by atoms with Crippen LogP contribution in [0.4, 0.5) is 10.2 Å². The molecule has 0 saturated carbocycles. The van der Waals surface area contributed by atoms with Gasteiger partial charge < -0.3 is 21.4 Å². The summed E-state index contributed by atoms with van der Waals surface area (Å²) in [7, 11) is 0. The molecule has 0 atom stereocenters. The zero-order chi connectivity index (χ0) is 24.3. The van der Waals surface area contributed by atoms with Gasteiger partial charge in [-0.05, 0) is 43.4 Å². The molecule has 0 unspecified atom stereocenters. The Balaban J connectivity index is 2.28. The highest BCUT2D eigenvalue weighted by molar-refractivity contribution is 6.18. The predicted molar refractivity (Wildman–Crippen MR) is 129 cm³/mol. The maximum atomic E-state index is 13.1. The van der Waals surface area contributed by atoms with Crippen LogP contribution in [0, 0.1) is 11.2 Å². The number of aromatic nitrogens is 2. The average Bonchev–Trinajstić information content (AvgIpc) is 3.02. The van der Waals surface area contributed by atoms with Crippen molar-refractivity contribution >= 4 is 17.3 Å². The Bertz CT molecular complexity index is 960. The average molecular weight is 444 g/mol. The van der Waals surface area contributed by atoms with Crippen molar-refractivity contribution < 1.29 is 9.18 Å². The highest BCUT2D eigenvalue weighted by Gasteiger charge is 2.31. The number of nitrogens with one attached hydrogen (secondary N) is 3. The van der Waals surface area contributed by atoms with Gasteiger partial charge in [0.15, 0.2) is 0 Å². The van der Waals surface area contributed by atoms with Crippen molar-refractivity contribution in [3.63, 3.8) is 0 Å². The summed E-state index contributed by atoms with van der Waals surface area (Å²) in [5.41, 5.74) is 7.47. The molecule has 7 heteroatoms. The van der Waals surface area contributed by atoms with Gasteiger partial charge in [0, 0.05) is 23.7 Å². The molecule has 0 radical (unpaired) electrons. The normalized spacial score (nSPS) is 13.2. The van der Waals surface area contributed by atoms with Crippen LogP contribution < -0.4 is 16.4 Å². The number of anilines is 1. The number of H-pyrrole nitrogens is 1. The van der Waals surface area contributed by atoms with Gasteiger partial charge in [0.25, 0.3) is 5.91 Å². The van der Waals surface area contributed by atoms with Crippen molar-refractivity contribution in [3.05, 3.63) is 53.4 Å². The minimum absolute atomic E-state index is 0.139. The monoisotopic (exact) mass is 443 g/mol. The summed E-state index contributed by atoms with van der Waals surface area (Å²) >= 11 is 0. The summed E-state index contributed by atoms with van der Waals surface area (Å²) in [6.45, 7) is 17.4. The summed E-state index contributed by atoms with van der Waals surface area (Å²) < 4.78 is 13.1. The minimum Gasteiger partial charge on any atom is -0.404 e. The van der Waals surface area contributed by atoms with Crippen LogP contribution >= 0.6 is 0 Å². The second-order valence-electron chi connectivity index (χ2n) is 11.2. The lowest BCUT2D eigenvalue weighted by Crippen LogP contribution is -2.36. The van der Waals surface area contributed by atoms with E-state index in [9.17, 15) is 9.18 Å². The molecule has 176 valence electrons. The fourth-order valence-corrected chi connectivity index (χ4v) is 3.97. The van der Waals surface area contributed by atoms with Gasteiger partial charge >= 0.3 is 0 Å². The fraction of sp³-hybridized carbons (Fsp3) is 0.520. The number of rotatable bonds is 7. The number of amides is 1. The Morgan fingerprint density at radius 2 is 1.69 bits per heavy atom. The maximum Gasteiger partial charge on any atom is 0.256 e. The fourth-order valence-electron chi connectivity index (χ4n) is 3.97. The smallest absolute Gasteiger partial charge is 0.256 e. The molecule has 0 aliphatic heterocycles. The predicted octanol–water partition coefficient (Wildman–Crippen LogP) is 5.09. The number of hydrogen-bond donors (Lipinski definition) is 4. The second kappa shape index (κ2) is 9.35. The zero-order valence-corrected chi connectivity index (χ0v) is 20.6. The highest BCUT2D eigenvalue weighted by Crippen LogP contribution is 2.34. The number of imidazole rings is 1. The topological polar surface area (TPSA) is 95.8 Å². The van der Waals surface area contributed by atoms with Gasteiger partial charge in [-0.25, -0.2) is 9.37 Å². The van der Waals surface area contributed by atoms with Crippen molar-refractivity contribution in [1.29, 1.82) is 0 Å². The van der Waals surface area contributed by atoms with Crippen LogP contribution in [-0.4, -0.2) is 21.4 Å². The molecule has 0 fully saturated rings. The molecule has 1 amide bonds. The molecule has 0 spiro atoms. The molecule has 1 heterocycles. The Morgan fingerprint density at radius 3 is 2.19 bits per heavy atom. The van der Waals surface area contributed by atoms with Crippen LogP contribution in [0.1, 0.15) is 78.9 Å². The first-order valence-electron chi connectivity index (χ1n) is 10.9. The van der Waals surface area contributed by atoms with E-state index in [4.69, 9.17) is 10.7 Å². The van der Waals surface area contributed by atoms with Crippen molar-refractivity contribution in [2.45, 2.75) is 79.3 Å². The minimum atomic E-state index is -0.355. The molecule has 0 saturated heterocycles. The van der Waals surface area contributed by atoms with Crippen molar-refractivity contribution in [1.82, 2.24) is 15.3 Å².